The number of rotatable bonds is 3. The fourth-order valence-electron chi connectivity index (χ4n) is 2.97. The predicted octanol–water partition coefficient (Wildman–Crippen LogP) is 1.63. The van der Waals surface area contributed by atoms with Crippen molar-refractivity contribution in [2.45, 2.75) is 31.7 Å². The van der Waals surface area contributed by atoms with Crippen molar-refractivity contribution in [1.82, 2.24) is 14.5 Å². The molecule has 4 rings (SSSR count). The molecule has 1 saturated heterocycles. The van der Waals surface area contributed by atoms with Gasteiger partial charge in [-0.2, -0.15) is 5.10 Å². The van der Waals surface area contributed by atoms with Crippen molar-refractivity contribution in [2.75, 3.05) is 18.5 Å². The average molecular weight is 313 g/mol. The molecule has 23 heavy (non-hydrogen) atoms. The van der Waals surface area contributed by atoms with Gasteiger partial charge in [-0.15, -0.1) is 0 Å². The van der Waals surface area contributed by atoms with Crippen molar-refractivity contribution in [3.05, 3.63) is 29.5 Å². The van der Waals surface area contributed by atoms with Crippen LogP contribution in [-0.4, -0.2) is 40.0 Å². The standard InChI is InChI=1S/C16H19N5O2/c1-9(17)13-7-12-5-11(10-3-4-10)6-14(21(12)18-13)20-8-15(22)19(2)16(20)23/h5-7,9-10H,3-4,8,17H2,1-2H3/t9-/m1/s1. The van der Waals surface area contributed by atoms with Crippen LogP contribution in [0.2, 0.25) is 0 Å². The van der Waals surface area contributed by atoms with Gasteiger partial charge in [0.2, 0.25) is 0 Å². The Morgan fingerprint density at radius 1 is 1.26 bits per heavy atom. The third-order valence-corrected chi connectivity index (χ3v) is 4.56. The van der Waals surface area contributed by atoms with Gasteiger partial charge in [0, 0.05) is 13.1 Å². The number of nitrogens with zero attached hydrogens (tertiary/aromatic N) is 4. The zero-order chi connectivity index (χ0) is 16.3. The van der Waals surface area contributed by atoms with Crippen molar-refractivity contribution < 1.29 is 9.59 Å². The first-order valence-electron chi connectivity index (χ1n) is 7.83. The average Bonchev–Trinajstić information content (AvgIpc) is 3.23. The Labute approximate surface area is 133 Å². The van der Waals surface area contributed by atoms with Crippen LogP contribution < -0.4 is 10.6 Å². The molecule has 0 aromatic carbocycles. The maximum Gasteiger partial charge on any atom is 0.332 e. The minimum atomic E-state index is -0.318. The fraction of sp³-hybridized carbons (Fsp3) is 0.438. The van der Waals surface area contributed by atoms with E-state index in [1.807, 2.05) is 19.1 Å². The zero-order valence-electron chi connectivity index (χ0n) is 13.2. The Morgan fingerprint density at radius 3 is 2.57 bits per heavy atom. The van der Waals surface area contributed by atoms with Crippen molar-refractivity contribution in [2.24, 2.45) is 5.73 Å². The van der Waals surface area contributed by atoms with Crippen molar-refractivity contribution >= 4 is 23.3 Å². The molecule has 2 aliphatic rings. The monoisotopic (exact) mass is 313 g/mol. The molecule has 3 heterocycles. The number of anilines is 1. The molecule has 2 aromatic heterocycles. The first-order valence-corrected chi connectivity index (χ1v) is 7.83. The van der Waals surface area contributed by atoms with Gasteiger partial charge < -0.3 is 5.73 Å². The summed E-state index contributed by atoms with van der Waals surface area (Å²) in [5, 5.41) is 4.53. The molecule has 0 spiro atoms. The second-order valence-electron chi connectivity index (χ2n) is 6.44. The van der Waals surface area contributed by atoms with Gasteiger partial charge in [-0.05, 0) is 49.4 Å². The van der Waals surface area contributed by atoms with Gasteiger partial charge in [0.1, 0.15) is 12.4 Å². The van der Waals surface area contributed by atoms with Crippen LogP contribution in [0.4, 0.5) is 10.6 Å². The topological polar surface area (TPSA) is 83.9 Å². The van der Waals surface area contributed by atoms with Gasteiger partial charge in [-0.25, -0.2) is 9.31 Å². The minimum absolute atomic E-state index is 0.0475. The van der Waals surface area contributed by atoms with E-state index < -0.39 is 0 Å². The van der Waals surface area contributed by atoms with Crippen molar-refractivity contribution in [1.29, 1.82) is 0 Å². The second-order valence-corrected chi connectivity index (χ2v) is 6.44. The van der Waals surface area contributed by atoms with Crippen LogP contribution in [0.1, 0.15) is 43.0 Å². The molecule has 0 unspecified atom stereocenters. The summed E-state index contributed by atoms with van der Waals surface area (Å²) in [7, 11) is 1.50. The number of carbonyl (C=O) groups is 2. The van der Waals surface area contributed by atoms with E-state index in [9.17, 15) is 9.59 Å². The molecule has 0 bridgehead atoms. The minimum Gasteiger partial charge on any atom is -0.323 e. The number of carbonyl (C=O) groups excluding carboxylic acids is 2. The lowest BCUT2D eigenvalue weighted by Crippen LogP contribution is -2.31. The van der Waals surface area contributed by atoms with E-state index in [0.29, 0.717) is 11.7 Å². The van der Waals surface area contributed by atoms with E-state index in [2.05, 4.69) is 11.2 Å². The Bertz CT molecular complexity index is 821. The summed E-state index contributed by atoms with van der Waals surface area (Å²) in [5.74, 6) is 0.970. The van der Waals surface area contributed by atoms with Crippen molar-refractivity contribution in [3.8, 4) is 0 Å². The Hall–Kier alpha value is -2.41. The van der Waals surface area contributed by atoms with Gasteiger partial charge in [0.25, 0.3) is 5.91 Å². The third-order valence-electron chi connectivity index (χ3n) is 4.56. The van der Waals surface area contributed by atoms with Gasteiger partial charge in [0.15, 0.2) is 0 Å². The number of nitrogens with two attached hydrogens (primary N) is 1. The summed E-state index contributed by atoms with van der Waals surface area (Å²) in [6.45, 7) is 1.92. The smallest absolute Gasteiger partial charge is 0.323 e. The van der Waals surface area contributed by atoms with E-state index in [4.69, 9.17) is 5.73 Å². The lowest BCUT2D eigenvalue weighted by Gasteiger charge is -2.17. The number of likely N-dealkylation sites (N-methyl/N-ethyl adjacent to an activating group) is 1. The Morgan fingerprint density at radius 2 is 2.00 bits per heavy atom. The number of imide groups is 1. The van der Waals surface area contributed by atoms with Gasteiger partial charge in [-0.3, -0.25) is 14.6 Å². The number of fused-ring (bicyclic) bond motifs is 1. The number of hydrogen-bond donors (Lipinski definition) is 1. The second kappa shape index (κ2) is 4.79. The van der Waals surface area contributed by atoms with E-state index in [1.54, 1.807) is 4.52 Å². The summed E-state index contributed by atoms with van der Waals surface area (Å²) < 4.78 is 1.72. The molecule has 7 heteroatoms. The first-order chi connectivity index (χ1) is 11.0. The first kappa shape index (κ1) is 14.2. The van der Waals surface area contributed by atoms with Crippen molar-refractivity contribution in [3.63, 3.8) is 0 Å². The van der Waals surface area contributed by atoms with Crippen LogP contribution in [0, 0.1) is 0 Å². The molecule has 2 aromatic rings. The van der Waals surface area contributed by atoms with E-state index >= 15 is 0 Å². The number of hydrogen-bond acceptors (Lipinski definition) is 4. The largest absolute Gasteiger partial charge is 0.332 e. The SMILES string of the molecule is C[C@@H](N)c1cc2cc(C3CC3)cc(N3CC(=O)N(C)C3=O)n2n1. The van der Waals surface area contributed by atoms with Crippen LogP contribution in [-0.2, 0) is 4.79 Å². The quantitative estimate of drug-likeness (QED) is 0.873. The summed E-state index contributed by atoms with van der Waals surface area (Å²) in [6, 6.07) is 5.53. The molecule has 2 fully saturated rings. The maximum absolute atomic E-state index is 12.4. The molecule has 2 N–H and O–H groups in total. The lowest BCUT2D eigenvalue weighted by atomic mass is 10.1. The van der Waals surface area contributed by atoms with Crippen LogP contribution in [0.25, 0.3) is 5.52 Å². The highest BCUT2D eigenvalue weighted by atomic mass is 16.2. The predicted molar refractivity (Wildman–Crippen MR) is 85.3 cm³/mol. The van der Waals surface area contributed by atoms with Crippen LogP contribution in [0.15, 0.2) is 18.2 Å². The molecule has 0 radical (unpaired) electrons. The molecular formula is C16H19N5O2. The highest BCUT2D eigenvalue weighted by molar-refractivity contribution is 6.11. The number of aromatic nitrogens is 2. The Balaban J connectivity index is 1.89. The third kappa shape index (κ3) is 2.19. The Kier molecular flexibility index (Phi) is 2.96. The summed E-state index contributed by atoms with van der Waals surface area (Å²) >= 11 is 0. The zero-order valence-corrected chi connectivity index (χ0v) is 13.2. The number of pyridine rings is 1. The number of urea groups is 1. The molecule has 3 amide bonds. The van der Waals surface area contributed by atoms with Gasteiger partial charge in [0.05, 0.1) is 11.2 Å². The molecule has 1 saturated carbocycles. The van der Waals surface area contributed by atoms with Crippen LogP contribution in [0.5, 0.6) is 0 Å². The summed E-state index contributed by atoms with van der Waals surface area (Å²) in [4.78, 5) is 26.9. The lowest BCUT2D eigenvalue weighted by molar-refractivity contribution is -0.123. The van der Waals surface area contributed by atoms with E-state index in [-0.39, 0.29) is 24.5 Å². The van der Waals surface area contributed by atoms with Gasteiger partial charge in [-0.1, -0.05) is 0 Å². The molecule has 7 nitrogen and oxygen atoms in total. The van der Waals surface area contributed by atoms with Crippen LogP contribution in [0.3, 0.4) is 0 Å². The molecule has 1 aliphatic carbocycles. The molecule has 120 valence electrons. The highest BCUT2D eigenvalue weighted by Crippen LogP contribution is 2.42. The molecule has 1 atom stereocenters. The van der Waals surface area contributed by atoms with Gasteiger partial charge >= 0.3 is 6.03 Å². The maximum atomic E-state index is 12.4. The molecular weight excluding hydrogens is 294 g/mol. The van der Waals surface area contributed by atoms with Crippen LogP contribution >= 0.6 is 0 Å². The van der Waals surface area contributed by atoms with E-state index in [1.165, 1.54) is 17.5 Å². The van der Waals surface area contributed by atoms with E-state index in [0.717, 1.165) is 29.0 Å². The normalized spacial score (nSPS) is 20.0. The highest BCUT2D eigenvalue weighted by Gasteiger charge is 2.36. The summed E-state index contributed by atoms with van der Waals surface area (Å²) in [6.07, 6.45) is 2.33. The molecule has 1 aliphatic heterocycles. The number of amides is 3. The fourth-order valence-corrected chi connectivity index (χ4v) is 2.97. The summed E-state index contributed by atoms with van der Waals surface area (Å²) in [5.41, 5.74) is 8.81.